The van der Waals surface area contributed by atoms with E-state index in [4.69, 9.17) is 5.11 Å². The molecule has 1 rings (SSSR count). The zero-order valence-electron chi connectivity index (χ0n) is 7.05. The summed E-state index contributed by atoms with van der Waals surface area (Å²) in [7, 11) is 0. The molecule has 0 amide bonds. The first kappa shape index (κ1) is 11.6. The maximum absolute atomic E-state index is 10.5. The van der Waals surface area contributed by atoms with Gasteiger partial charge in [0, 0.05) is 5.33 Å². The largest absolute Gasteiger partial charge is 0.477 e. The summed E-state index contributed by atoms with van der Waals surface area (Å²) in [5.74, 6) is -1.03. The monoisotopic (exact) mass is 280 g/mol. The van der Waals surface area contributed by atoms with E-state index in [-0.39, 0.29) is 10.2 Å². The van der Waals surface area contributed by atoms with Gasteiger partial charge < -0.3 is 15.3 Å². The SMILES string of the molecule is O=C(O)c1cc(C(O)C(O)CBr)cs1. The van der Waals surface area contributed by atoms with E-state index < -0.39 is 18.2 Å². The lowest BCUT2D eigenvalue weighted by atomic mass is 10.1. The zero-order valence-corrected chi connectivity index (χ0v) is 9.46. The van der Waals surface area contributed by atoms with Gasteiger partial charge in [0.15, 0.2) is 0 Å². The molecular formula is C8H9BrO4S. The van der Waals surface area contributed by atoms with Gasteiger partial charge in [-0.15, -0.1) is 11.3 Å². The van der Waals surface area contributed by atoms with E-state index in [1.54, 1.807) is 0 Å². The molecule has 0 aliphatic carbocycles. The van der Waals surface area contributed by atoms with Gasteiger partial charge >= 0.3 is 5.97 Å². The van der Waals surface area contributed by atoms with Crippen molar-refractivity contribution in [3.63, 3.8) is 0 Å². The minimum absolute atomic E-state index is 0.154. The molecule has 2 atom stereocenters. The van der Waals surface area contributed by atoms with Gasteiger partial charge in [-0.1, -0.05) is 15.9 Å². The molecule has 2 unspecified atom stereocenters. The van der Waals surface area contributed by atoms with Gasteiger partial charge in [-0.25, -0.2) is 4.79 Å². The summed E-state index contributed by atoms with van der Waals surface area (Å²) in [6, 6.07) is 1.36. The highest BCUT2D eigenvalue weighted by Crippen LogP contribution is 2.24. The Bertz CT molecular complexity index is 325. The molecule has 0 saturated carbocycles. The van der Waals surface area contributed by atoms with Crippen molar-refractivity contribution < 1.29 is 20.1 Å². The molecule has 78 valence electrons. The number of aliphatic hydroxyl groups excluding tert-OH is 2. The summed E-state index contributed by atoms with van der Waals surface area (Å²) < 4.78 is 0. The predicted molar refractivity (Wildman–Crippen MR) is 56.0 cm³/mol. The Kier molecular flexibility index (Phi) is 4.06. The van der Waals surface area contributed by atoms with Crippen molar-refractivity contribution in [2.75, 3.05) is 5.33 Å². The third kappa shape index (κ3) is 2.54. The summed E-state index contributed by atoms with van der Waals surface area (Å²) in [6.45, 7) is 0. The average Bonchev–Trinajstić information content (AvgIpc) is 2.64. The zero-order chi connectivity index (χ0) is 10.7. The number of thiophene rings is 1. The molecule has 0 bridgehead atoms. The van der Waals surface area contributed by atoms with E-state index in [0.717, 1.165) is 11.3 Å². The molecule has 0 aliphatic rings. The Hall–Kier alpha value is -0.430. The quantitative estimate of drug-likeness (QED) is 0.725. The molecule has 0 aromatic carbocycles. The van der Waals surface area contributed by atoms with Crippen LogP contribution in [-0.4, -0.2) is 32.7 Å². The van der Waals surface area contributed by atoms with Crippen molar-refractivity contribution in [1.82, 2.24) is 0 Å². The third-order valence-electron chi connectivity index (χ3n) is 1.69. The molecule has 0 radical (unpaired) electrons. The number of alkyl halides is 1. The van der Waals surface area contributed by atoms with Crippen LogP contribution in [0, 0.1) is 0 Å². The molecule has 0 spiro atoms. The highest BCUT2D eigenvalue weighted by atomic mass is 79.9. The number of halogens is 1. The first-order valence-electron chi connectivity index (χ1n) is 3.80. The van der Waals surface area contributed by atoms with Gasteiger partial charge in [-0.3, -0.25) is 0 Å². The molecule has 1 heterocycles. The van der Waals surface area contributed by atoms with E-state index in [9.17, 15) is 15.0 Å². The second kappa shape index (κ2) is 4.88. The summed E-state index contributed by atoms with van der Waals surface area (Å²) in [6.07, 6.45) is -1.97. The molecule has 1 aromatic heterocycles. The lowest BCUT2D eigenvalue weighted by molar-refractivity contribution is 0.0345. The van der Waals surface area contributed by atoms with Crippen LogP contribution in [0.5, 0.6) is 0 Å². The van der Waals surface area contributed by atoms with Gasteiger partial charge in [0.1, 0.15) is 11.0 Å². The third-order valence-corrected chi connectivity index (χ3v) is 3.29. The second-order valence-electron chi connectivity index (χ2n) is 2.72. The van der Waals surface area contributed by atoms with Gasteiger partial charge in [0.25, 0.3) is 0 Å². The number of carboxylic acids is 1. The minimum Gasteiger partial charge on any atom is -0.477 e. The van der Waals surface area contributed by atoms with Crippen molar-refractivity contribution in [3.8, 4) is 0 Å². The normalized spacial score (nSPS) is 15.1. The Morgan fingerprint density at radius 2 is 2.21 bits per heavy atom. The van der Waals surface area contributed by atoms with E-state index in [2.05, 4.69) is 15.9 Å². The highest BCUT2D eigenvalue weighted by molar-refractivity contribution is 9.09. The van der Waals surface area contributed by atoms with Crippen LogP contribution < -0.4 is 0 Å². The van der Waals surface area contributed by atoms with E-state index in [0.29, 0.717) is 5.56 Å². The molecule has 1 aromatic rings. The smallest absolute Gasteiger partial charge is 0.345 e. The fourth-order valence-electron chi connectivity index (χ4n) is 0.925. The Morgan fingerprint density at radius 3 is 2.64 bits per heavy atom. The summed E-state index contributed by atoms with van der Waals surface area (Å²) in [4.78, 5) is 10.7. The standard InChI is InChI=1S/C8H9BrO4S/c9-2-5(10)7(11)4-1-6(8(12)13)14-3-4/h1,3,5,7,10-11H,2H2,(H,12,13). The van der Waals surface area contributed by atoms with Crippen LogP contribution in [0.1, 0.15) is 21.3 Å². The van der Waals surface area contributed by atoms with E-state index in [1.807, 2.05) is 0 Å². The minimum atomic E-state index is -1.04. The number of hydrogen-bond donors (Lipinski definition) is 3. The van der Waals surface area contributed by atoms with Gasteiger partial charge in [0.05, 0.1) is 6.10 Å². The fourth-order valence-corrected chi connectivity index (χ4v) is 2.05. The number of rotatable bonds is 4. The van der Waals surface area contributed by atoms with Crippen molar-refractivity contribution in [2.45, 2.75) is 12.2 Å². The molecule has 0 saturated heterocycles. The van der Waals surface area contributed by atoms with Gasteiger partial charge in [-0.05, 0) is 17.0 Å². The van der Waals surface area contributed by atoms with Gasteiger partial charge in [0.2, 0.25) is 0 Å². The van der Waals surface area contributed by atoms with Crippen LogP contribution in [0.2, 0.25) is 0 Å². The van der Waals surface area contributed by atoms with Crippen LogP contribution in [0.4, 0.5) is 0 Å². The van der Waals surface area contributed by atoms with Crippen molar-refractivity contribution in [2.24, 2.45) is 0 Å². The number of carbonyl (C=O) groups is 1. The number of hydrogen-bond acceptors (Lipinski definition) is 4. The lowest BCUT2D eigenvalue weighted by Crippen LogP contribution is -2.18. The van der Waals surface area contributed by atoms with Crippen molar-refractivity contribution in [1.29, 1.82) is 0 Å². The summed E-state index contributed by atoms with van der Waals surface area (Å²) in [5, 5.41) is 29.2. The van der Waals surface area contributed by atoms with Crippen LogP contribution in [0.25, 0.3) is 0 Å². The number of aliphatic hydroxyl groups is 2. The first-order chi connectivity index (χ1) is 6.56. The highest BCUT2D eigenvalue weighted by Gasteiger charge is 2.19. The van der Waals surface area contributed by atoms with Crippen LogP contribution in [-0.2, 0) is 0 Å². The summed E-state index contributed by atoms with van der Waals surface area (Å²) >= 11 is 4.05. The molecule has 14 heavy (non-hydrogen) atoms. The Labute approximate surface area is 92.9 Å². The van der Waals surface area contributed by atoms with Crippen LogP contribution >= 0.6 is 27.3 Å². The molecule has 0 aliphatic heterocycles. The molecule has 6 heteroatoms. The lowest BCUT2D eigenvalue weighted by Gasteiger charge is -2.13. The molecule has 4 nitrogen and oxygen atoms in total. The maximum Gasteiger partial charge on any atom is 0.345 e. The predicted octanol–water partition coefficient (Wildman–Crippen LogP) is 1.24. The molecular weight excluding hydrogens is 272 g/mol. The van der Waals surface area contributed by atoms with E-state index in [1.165, 1.54) is 11.4 Å². The topological polar surface area (TPSA) is 77.8 Å². The average molecular weight is 281 g/mol. The Balaban J connectivity index is 2.81. The van der Waals surface area contributed by atoms with Crippen molar-refractivity contribution in [3.05, 3.63) is 21.9 Å². The summed E-state index contributed by atoms with van der Waals surface area (Å²) in [5.41, 5.74) is 0.430. The molecule has 3 N–H and O–H groups in total. The maximum atomic E-state index is 10.5. The van der Waals surface area contributed by atoms with Crippen LogP contribution in [0.3, 0.4) is 0 Å². The van der Waals surface area contributed by atoms with Gasteiger partial charge in [-0.2, -0.15) is 0 Å². The first-order valence-corrected chi connectivity index (χ1v) is 5.80. The number of aromatic carboxylic acids is 1. The second-order valence-corrected chi connectivity index (χ2v) is 4.27. The van der Waals surface area contributed by atoms with E-state index >= 15 is 0 Å². The Morgan fingerprint density at radius 1 is 1.57 bits per heavy atom. The van der Waals surface area contributed by atoms with Crippen molar-refractivity contribution >= 4 is 33.2 Å². The fraction of sp³-hybridized carbons (Fsp3) is 0.375. The van der Waals surface area contributed by atoms with Crippen LogP contribution in [0.15, 0.2) is 11.4 Å². The number of carboxylic acid groups (broad SMARTS) is 1. The molecule has 0 fully saturated rings.